The number of hydrogen-bond donors (Lipinski definition) is 0. The summed E-state index contributed by atoms with van der Waals surface area (Å²) in [5, 5.41) is 1.68. The molecule has 2 aromatic heterocycles. The fourth-order valence-electron chi connectivity index (χ4n) is 3.82. The minimum Gasteiger partial charge on any atom is -0.289 e. The second kappa shape index (κ2) is 4.32. The van der Waals surface area contributed by atoms with Gasteiger partial charge in [-0.25, -0.2) is 9.97 Å². The van der Waals surface area contributed by atoms with E-state index in [9.17, 15) is 4.79 Å². The van der Waals surface area contributed by atoms with Crippen LogP contribution in [0.5, 0.6) is 0 Å². The summed E-state index contributed by atoms with van der Waals surface area (Å²) in [7, 11) is 0. The number of thioether (sulfide) groups is 1. The molecule has 0 saturated heterocycles. The van der Waals surface area contributed by atoms with Crippen LogP contribution in [0.1, 0.15) is 25.8 Å². The van der Waals surface area contributed by atoms with Gasteiger partial charge in [-0.2, -0.15) is 0 Å². The summed E-state index contributed by atoms with van der Waals surface area (Å²) < 4.78 is 1.91. The number of aromatic nitrogens is 3. The molecule has 2 aromatic rings. The van der Waals surface area contributed by atoms with E-state index in [4.69, 9.17) is 0 Å². The Morgan fingerprint density at radius 1 is 1.30 bits per heavy atom. The largest absolute Gasteiger partial charge is 0.289 e. The zero-order valence-corrected chi connectivity index (χ0v) is 12.4. The number of pyridine rings is 1. The topological polar surface area (TPSA) is 47.8 Å². The molecule has 2 aliphatic carbocycles. The monoisotopic (exact) mass is 287 g/mol. The molecule has 2 aliphatic rings. The van der Waals surface area contributed by atoms with Crippen molar-refractivity contribution in [2.45, 2.75) is 31.0 Å². The van der Waals surface area contributed by atoms with Crippen LogP contribution in [-0.2, 0) is 0 Å². The lowest BCUT2D eigenvalue weighted by atomic mass is 10.1. The Labute approximate surface area is 121 Å². The van der Waals surface area contributed by atoms with Gasteiger partial charge in [0, 0.05) is 23.7 Å². The SMILES string of the molecule is CSc1ncc2ccc(=O)n(C3C[C@@H]4C(C)[C@@H]4C3)c2n1. The molecule has 2 unspecified atom stereocenters. The summed E-state index contributed by atoms with van der Waals surface area (Å²) in [6.07, 6.45) is 6.04. The lowest BCUT2D eigenvalue weighted by Crippen LogP contribution is -2.25. The van der Waals surface area contributed by atoms with Crippen molar-refractivity contribution >= 4 is 22.8 Å². The molecular weight excluding hydrogens is 270 g/mol. The van der Waals surface area contributed by atoms with Gasteiger partial charge >= 0.3 is 0 Å². The molecule has 0 spiro atoms. The van der Waals surface area contributed by atoms with Gasteiger partial charge in [0.05, 0.1) is 0 Å². The van der Waals surface area contributed by atoms with Crippen LogP contribution < -0.4 is 5.56 Å². The van der Waals surface area contributed by atoms with E-state index in [1.54, 1.807) is 6.07 Å². The Bertz CT molecular complexity index is 729. The quantitative estimate of drug-likeness (QED) is 0.629. The van der Waals surface area contributed by atoms with Crippen molar-refractivity contribution in [2.75, 3.05) is 6.26 Å². The van der Waals surface area contributed by atoms with E-state index in [-0.39, 0.29) is 5.56 Å². The molecule has 4 nitrogen and oxygen atoms in total. The first-order chi connectivity index (χ1) is 9.69. The summed E-state index contributed by atoms with van der Waals surface area (Å²) in [6.45, 7) is 2.32. The van der Waals surface area contributed by atoms with Crippen molar-refractivity contribution in [3.8, 4) is 0 Å². The van der Waals surface area contributed by atoms with Crippen molar-refractivity contribution < 1.29 is 0 Å². The maximum atomic E-state index is 12.3. The zero-order valence-electron chi connectivity index (χ0n) is 11.6. The Balaban J connectivity index is 1.85. The molecule has 0 aliphatic heterocycles. The van der Waals surface area contributed by atoms with Gasteiger partial charge in [0.15, 0.2) is 5.16 Å². The normalized spacial score (nSPS) is 31.5. The third-order valence-corrected chi connectivity index (χ3v) is 5.60. The molecule has 0 radical (unpaired) electrons. The molecule has 0 aromatic carbocycles. The van der Waals surface area contributed by atoms with Gasteiger partial charge in [0.2, 0.25) is 0 Å². The average molecular weight is 287 g/mol. The second-order valence-corrected chi connectivity index (χ2v) is 6.76. The first kappa shape index (κ1) is 12.4. The van der Waals surface area contributed by atoms with Crippen molar-refractivity contribution in [3.05, 3.63) is 28.7 Å². The van der Waals surface area contributed by atoms with E-state index in [0.29, 0.717) is 6.04 Å². The zero-order chi connectivity index (χ0) is 13.9. The minimum absolute atomic E-state index is 0.0715. The summed E-state index contributed by atoms with van der Waals surface area (Å²) in [6, 6.07) is 3.80. The molecule has 4 rings (SSSR count). The van der Waals surface area contributed by atoms with Crippen LogP contribution >= 0.6 is 11.8 Å². The molecule has 2 saturated carbocycles. The van der Waals surface area contributed by atoms with Gasteiger partial charge < -0.3 is 0 Å². The Morgan fingerprint density at radius 2 is 2.05 bits per heavy atom. The summed E-state index contributed by atoms with van der Waals surface area (Å²) >= 11 is 1.51. The third-order valence-electron chi connectivity index (χ3n) is 5.04. The molecule has 5 heteroatoms. The van der Waals surface area contributed by atoms with Crippen molar-refractivity contribution in [2.24, 2.45) is 17.8 Å². The first-order valence-electron chi connectivity index (χ1n) is 7.11. The number of nitrogens with zero attached hydrogens (tertiary/aromatic N) is 3. The van der Waals surface area contributed by atoms with E-state index < -0.39 is 0 Å². The molecule has 0 amide bonds. The third kappa shape index (κ3) is 1.72. The van der Waals surface area contributed by atoms with Gasteiger partial charge in [-0.15, -0.1) is 0 Å². The lowest BCUT2D eigenvalue weighted by molar-refractivity contribution is 0.435. The van der Waals surface area contributed by atoms with Crippen LogP contribution in [0.25, 0.3) is 11.0 Å². The van der Waals surface area contributed by atoms with E-state index in [1.165, 1.54) is 11.8 Å². The number of hydrogen-bond acceptors (Lipinski definition) is 4. The van der Waals surface area contributed by atoms with Crippen molar-refractivity contribution in [3.63, 3.8) is 0 Å². The highest BCUT2D eigenvalue weighted by molar-refractivity contribution is 7.98. The smallest absolute Gasteiger partial charge is 0.252 e. The maximum absolute atomic E-state index is 12.3. The highest BCUT2D eigenvalue weighted by Crippen LogP contribution is 2.60. The fourth-order valence-corrected chi connectivity index (χ4v) is 4.16. The summed E-state index contributed by atoms with van der Waals surface area (Å²) in [5.41, 5.74) is 0.873. The van der Waals surface area contributed by atoms with Crippen LogP contribution in [-0.4, -0.2) is 20.8 Å². The molecule has 0 N–H and O–H groups in total. The van der Waals surface area contributed by atoms with Crippen molar-refractivity contribution in [1.82, 2.24) is 14.5 Å². The van der Waals surface area contributed by atoms with E-state index in [2.05, 4.69) is 16.9 Å². The molecule has 0 bridgehead atoms. The van der Waals surface area contributed by atoms with Crippen LogP contribution in [0, 0.1) is 17.8 Å². The van der Waals surface area contributed by atoms with Crippen LogP contribution in [0.2, 0.25) is 0 Å². The van der Waals surface area contributed by atoms with E-state index >= 15 is 0 Å². The van der Waals surface area contributed by atoms with Gasteiger partial charge in [-0.3, -0.25) is 9.36 Å². The van der Waals surface area contributed by atoms with Gasteiger partial charge in [-0.05, 0) is 42.9 Å². The van der Waals surface area contributed by atoms with Gasteiger partial charge in [0.25, 0.3) is 5.56 Å². The average Bonchev–Trinajstić information content (AvgIpc) is 2.89. The van der Waals surface area contributed by atoms with E-state index in [1.807, 2.05) is 23.1 Å². The van der Waals surface area contributed by atoms with Gasteiger partial charge in [0.1, 0.15) is 5.65 Å². The number of rotatable bonds is 2. The van der Waals surface area contributed by atoms with Crippen LogP contribution in [0.15, 0.2) is 28.3 Å². The summed E-state index contributed by atoms with van der Waals surface area (Å²) in [4.78, 5) is 21.2. The van der Waals surface area contributed by atoms with Gasteiger partial charge in [-0.1, -0.05) is 18.7 Å². The number of fused-ring (bicyclic) bond motifs is 2. The molecule has 104 valence electrons. The Hall–Kier alpha value is -1.36. The predicted octanol–water partition coefficient (Wildman–Crippen LogP) is 2.73. The lowest BCUT2D eigenvalue weighted by Gasteiger charge is -2.18. The molecule has 4 atom stereocenters. The Morgan fingerprint density at radius 3 is 2.75 bits per heavy atom. The molecule has 2 fully saturated rings. The molecular formula is C15H17N3OS. The highest BCUT2D eigenvalue weighted by Gasteiger charge is 2.53. The maximum Gasteiger partial charge on any atom is 0.252 e. The fraction of sp³-hybridized carbons (Fsp3) is 0.533. The summed E-state index contributed by atoms with van der Waals surface area (Å²) in [5.74, 6) is 2.50. The standard InChI is InChI=1S/C15H17N3OS/c1-8-11-5-10(6-12(8)11)18-13(19)4-3-9-7-16-15(20-2)17-14(9)18/h3-4,7-8,10-12H,5-6H2,1-2H3/t8?,10?,11-,12+. The second-order valence-electron chi connectivity index (χ2n) is 5.99. The highest BCUT2D eigenvalue weighted by atomic mass is 32.2. The van der Waals surface area contributed by atoms with E-state index in [0.717, 1.165) is 46.8 Å². The van der Waals surface area contributed by atoms with Crippen LogP contribution in [0.4, 0.5) is 0 Å². The van der Waals surface area contributed by atoms with Crippen LogP contribution in [0.3, 0.4) is 0 Å². The molecule has 20 heavy (non-hydrogen) atoms. The molecule has 2 heterocycles. The Kier molecular flexibility index (Phi) is 2.67. The minimum atomic E-state index is 0.0715. The van der Waals surface area contributed by atoms with Crippen molar-refractivity contribution in [1.29, 1.82) is 0 Å². The first-order valence-corrected chi connectivity index (χ1v) is 8.34. The predicted molar refractivity (Wildman–Crippen MR) is 80.0 cm³/mol.